The molecule has 2 aromatic heterocycles. The molecule has 2 N–H and O–H groups in total. The summed E-state index contributed by atoms with van der Waals surface area (Å²) in [6.45, 7) is 5.46. The molecule has 0 aliphatic carbocycles. The van der Waals surface area contributed by atoms with E-state index in [4.69, 9.17) is 4.42 Å². The molecule has 0 aliphatic heterocycles. The standard InChI is InChI=1S/C16H20N2O3/c1-4-12-9-17-8-7-13(12)15(19)18-10-16(3,20)14-6-5-11(2)21-14/h5-9,20H,4,10H2,1-3H3,(H,18,19). The molecule has 1 amide bonds. The van der Waals surface area contributed by atoms with Gasteiger partial charge < -0.3 is 14.8 Å². The van der Waals surface area contributed by atoms with Crippen LogP contribution in [0.1, 0.15) is 41.3 Å². The van der Waals surface area contributed by atoms with Crippen LogP contribution < -0.4 is 5.32 Å². The second-order valence-electron chi connectivity index (χ2n) is 5.25. The van der Waals surface area contributed by atoms with Crippen LogP contribution in [0.2, 0.25) is 0 Å². The Hall–Kier alpha value is -2.14. The summed E-state index contributed by atoms with van der Waals surface area (Å²) < 4.78 is 5.42. The van der Waals surface area contributed by atoms with Gasteiger partial charge in [0.1, 0.15) is 17.1 Å². The summed E-state index contributed by atoms with van der Waals surface area (Å²) in [5.74, 6) is 0.933. The normalized spacial score (nSPS) is 13.7. The Kier molecular flexibility index (Phi) is 4.43. The summed E-state index contributed by atoms with van der Waals surface area (Å²) >= 11 is 0. The number of aliphatic hydroxyl groups is 1. The monoisotopic (exact) mass is 288 g/mol. The van der Waals surface area contributed by atoms with Gasteiger partial charge in [0.25, 0.3) is 5.91 Å². The first-order valence-electron chi connectivity index (χ1n) is 6.94. The zero-order chi connectivity index (χ0) is 15.5. The predicted octanol–water partition coefficient (Wildman–Crippen LogP) is 2.18. The van der Waals surface area contributed by atoms with Crippen molar-refractivity contribution < 1.29 is 14.3 Å². The van der Waals surface area contributed by atoms with E-state index in [9.17, 15) is 9.90 Å². The van der Waals surface area contributed by atoms with E-state index in [1.807, 2.05) is 13.8 Å². The minimum absolute atomic E-state index is 0.0737. The van der Waals surface area contributed by atoms with Crippen molar-refractivity contribution in [2.75, 3.05) is 6.54 Å². The Morgan fingerprint density at radius 3 is 2.81 bits per heavy atom. The van der Waals surface area contributed by atoms with Crippen LogP contribution >= 0.6 is 0 Å². The lowest BCUT2D eigenvalue weighted by atomic mass is 10.0. The van der Waals surface area contributed by atoms with Gasteiger partial charge in [0.15, 0.2) is 0 Å². The number of hydrogen-bond acceptors (Lipinski definition) is 4. The summed E-state index contributed by atoms with van der Waals surface area (Å²) in [6.07, 6.45) is 4.00. The van der Waals surface area contributed by atoms with Crippen LogP contribution in [0.5, 0.6) is 0 Å². The first-order valence-corrected chi connectivity index (χ1v) is 6.94. The van der Waals surface area contributed by atoms with Gasteiger partial charge in [-0.3, -0.25) is 9.78 Å². The molecule has 0 bridgehead atoms. The molecule has 5 nitrogen and oxygen atoms in total. The van der Waals surface area contributed by atoms with Crippen molar-refractivity contribution in [3.8, 4) is 0 Å². The molecule has 0 aromatic carbocycles. The molecule has 2 rings (SSSR count). The van der Waals surface area contributed by atoms with Gasteiger partial charge in [0, 0.05) is 18.0 Å². The number of nitrogens with one attached hydrogen (secondary N) is 1. The lowest BCUT2D eigenvalue weighted by Gasteiger charge is -2.21. The third-order valence-electron chi connectivity index (χ3n) is 3.39. The molecule has 21 heavy (non-hydrogen) atoms. The van der Waals surface area contributed by atoms with Gasteiger partial charge in [-0.1, -0.05) is 6.92 Å². The molecular weight excluding hydrogens is 268 g/mol. The highest BCUT2D eigenvalue weighted by molar-refractivity contribution is 5.95. The van der Waals surface area contributed by atoms with Crippen LogP contribution in [0.3, 0.4) is 0 Å². The number of aromatic nitrogens is 1. The highest BCUT2D eigenvalue weighted by Gasteiger charge is 2.27. The highest BCUT2D eigenvalue weighted by atomic mass is 16.4. The maximum absolute atomic E-state index is 12.2. The van der Waals surface area contributed by atoms with Gasteiger partial charge in [0.2, 0.25) is 0 Å². The Morgan fingerprint density at radius 1 is 1.43 bits per heavy atom. The average molecular weight is 288 g/mol. The van der Waals surface area contributed by atoms with Gasteiger partial charge in [0.05, 0.1) is 6.54 Å². The zero-order valence-corrected chi connectivity index (χ0v) is 12.5. The van der Waals surface area contributed by atoms with Crippen molar-refractivity contribution in [3.63, 3.8) is 0 Å². The van der Waals surface area contributed by atoms with Crippen LogP contribution in [-0.4, -0.2) is 22.5 Å². The van der Waals surface area contributed by atoms with Crippen LogP contribution in [0, 0.1) is 6.92 Å². The maximum Gasteiger partial charge on any atom is 0.251 e. The number of carbonyl (C=O) groups excluding carboxylic acids is 1. The van der Waals surface area contributed by atoms with Crippen molar-refractivity contribution in [1.82, 2.24) is 10.3 Å². The molecular formula is C16H20N2O3. The Bertz CT molecular complexity index is 632. The van der Waals surface area contributed by atoms with E-state index in [0.29, 0.717) is 11.3 Å². The number of aryl methyl sites for hydroxylation is 2. The van der Waals surface area contributed by atoms with Crippen molar-refractivity contribution in [2.24, 2.45) is 0 Å². The second-order valence-corrected chi connectivity index (χ2v) is 5.25. The fourth-order valence-corrected chi connectivity index (χ4v) is 2.09. The molecule has 0 aliphatic rings. The quantitative estimate of drug-likeness (QED) is 0.884. The molecule has 5 heteroatoms. The largest absolute Gasteiger partial charge is 0.463 e. The summed E-state index contributed by atoms with van der Waals surface area (Å²) in [7, 11) is 0. The number of furan rings is 1. The molecule has 1 unspecified atom stereocenters. The number of pyridine rings is 1. The van der Waals surface area contributed by atoms with Crippen LogP contribution in [0.4, 0.5) is 0 Å². The van der Waals surface area contributed by atoms with Gasteiger partial charge in [-0.2, -0.15) is 0 Å². The number of hydrogen-bond donors (Lipinski definition) is 2. The molecule has 0 fully saturated rings. The SMILES string of the molecule is CCc1cnccc1C(=O)NCC(C)(O)c1ccc(C)o1. The maximum atomic E-state index is 12.2. The van der Waals surface area contributed by atoms with Gasteiger partial charge in [-0.05, 0) is 44.0 Å². The average Bonchev–Trinajstić information content (AvgIpc) is 2.92. The van der Waals surface area contributed by atoms with Crippen LogP contribution in [0.25, 0.3) is 0 Å². The number of rotatable bonds is 5. The van der Waals surface area contributed by atoms with E-state index in [0.717, 1.165) is 17.7 Å². The van der Waals surface area contributed by atoms with E-state index < -0.39 is 5.60 Å². The smallest absolute Gasteiger partial charge is 0.251 e. The summed E-state index contributed by atoms with van der Waals surface area (Å²) in [5.41, 5.74) is 0.214. The van der Waals surface area contributed by atoms with E-state index in [1.54, 1.807) is 37.5 Å². The first kappa shape index (κ1) is 15.3. The molecule has 0 saturated heterocycles. The van der Waals surface area contributed by atoms with E-state index in [1.165, 1.54) is 0 Å². The van der Waals surface area contributed by atoms with Gasteiger partial charge in [-0.25, -0.2) is 0 Å². The van der Waals surface area contributed by atoms with Crippen molar-refractivity contribution in [1.29, 1.82) is 0 Å². The predicted molar refractivity (Wildman–Crippen MR) is 79.0 cm³/mol. The summed E-state index contributed by atoms with van der Waals surface area (Å²) in [5, 5.41) is 13.1. The Labute approximate surface area is 124 Å². The van der Waals surface area contributed by atoms with Crippen molar-refractivity contribution in [2.45, 2.75) is 32.8 Å². The fraction of sp³-hybridized carbons (Fsp3) is 0.375. The number of amides is 1. The Morgan fingerprint density at radius 2 is 2.19 bits per heavy atom. The fourth-order valence-electron chi connectivity index (χ4n) is 2.09. The van der Waals surface area contributed by atoms with E-state index in [-0.39, 0.29) is 12.5 Å². The van der Waals surface area contributed by atoms with Gasteiger partial charge >= 0.3 is 0 Å². The van der Waals surface area contributed by atoms with Gasteiger partial charge in [-0.15, -0.1) is 0 Å². The summed E-state index contributed by atoms with van der Waals surface area (Å²) in [4.78, 5) is 16.2. The number of carbonyl (C=O) groups is 1. The topological polar surface area (TPSA) is 75.4 Å². The summed E-state index contributed by atoms with van der Waals surface area (Å²) in [6, 6.07) is 5.18. The molecule has 0 radical (unpaired) electrons. The van der Waals surface area contributed by atoms with Crippen molar-refractivity contribution >= 4 is 5.91 Å². The third-order valence-corrected chi connectivity index (χ3v) is 3.39. The minimum atomic E-state index is -1.25. The molecule has 2 heterocycles. The zero-order valence-electron chi connectivity index (χ0n) is 12.5. The minimum Gasteiger partial charge on any atom is -0.463 e. The second kappa shape index (κ2) is 6.10. The molecule has 0 saturated carbocycles. The van der Waals surface area contributed by atoms with E-state index in [2.05, 4.69) is 10.3 Å². The number of nitrogens with zero attached hydrogens (tertiary/aromatic N) is 1. The third kappa shape index (κ3) is 3.49. The molecule has 2 aromatic rings. The van der Waals surface area contributed by atoms with Crippen LogP contribution in [0.15, 0.2) is 35.0 Å². The molecule has 112 valence electrons. The molecule has 1 atom stereocenters. The lowest BCUT2D eigenvalue weighted by Crippen LogP contribution is -2.38. The molecule has 0 spiro atoms. The first-order chi connectivity index (χ1) is 9.94. The lowest BCUT2D eigenvalue weighted by molar-refractivity contribution is 0.0323. The van der Waals surface area contributed by atoms with Crippen molar-refractivity contribution in [3.05, 3.63) is 53.2 Å². The Balaban J connectivity index is 2.07. The van der Waals surface area contributed by atoms with Crippen LogP contribution in [-0.2, 0) is 12.0 Å². The highest BCUT2D eigenvalue weighted by Crippen LogP contribution is 2.22. The van der Waals surface area contributed by atoms with E-state index >= 15 is 0 Å².